The van der Waals surface area contributed by atoms with E-state index in [0.717, 1.165) is 21.2 Å². The first kappa shape index (κ1) is 24.2. The van der Waals surface area contributed by atoms with E-state index in [1.54, 1.807) is 19.2 Å². The Kier molecular flexibility index (Phi) is 7.32. The third kappa shape index (κ3) is 5.20. The summed E-state index contributed by atoms with van der Waals surface area (Å²) in [6.07, 6.45) is -2.84. The summed E-state index contributed by atoms with van der Waals surface area (Å²) in [7, 11) is 1.55. The van der Waals surface area contributed by atoms with Crippen LogP contribution in [-0.4, -0.2) is 44.3 Å². The molecule has 3 aromatic rings. The SMILES string of the molecule is CO[C@@H]1O[C@@H]2CO[C@H](c3ccccc3)O[C@@H]2[C@H](c2cccc(C)c2)[C@H]1OC(=O)c1ccc(Br)cc1. The molecule has 3 aromatic carbocycles. The molecule has 2 aliphatic rings. The molecule has 5 rings (SSSR count). The number of carbonyl (C=O) groups is 1. The Balaban J connectivity index is 1.50. The maximum atomic E-state index is 13.2. The molecule has 6 atom stereocenters. The predicted octanol–water partition coefficient (Wildman–Crippen LogP) is 5.55. The Morgan fingerprint density at radius 1 is 0.943 bits per heavy atom. The van der Waals surface area contributed by atoms with Crippen molar-refractivity contribution in [2.75, 3.05) is 13.7 Å². The number of hydrogen-bond donors (Lipinski definition) is 0. The van der Waals surface area contributed by atoms with Gasteiger partial charge < -0.3 is 23.7 Å². The molecule has 0 radical (unpaired) electrons. The molecule has 6 nitrogen and oxygen atoms in total. The van der Waals surface area contributed by atoms with Gasteiger partial charge in [0.1, 0.15) is 12.2 Å². The predicted molar refractivity (Wildman–Crippen MR) is 133 cm³/mol. The highest BCUT2D eigenvalue weighted by atomic mass is 79.9. The van der Waals surface area contributed by atoms with Crippen molar-refractivity contribution in [3.8, 4) is 0 Å². The van der Waals surface area contributed by atoms with E-state index in [2.05, 4.69) is 22.0 Å². The van der Waals surface area contributed by atoms with Gasteiger partial charge in [0.05, 0.1) is 18.1 Å². The maximum absolute atomic E-state index is 13.2. The molecule has 0 N–H and O–H groups in total. The van der Waals surface area contributed by atoms with E-state index in [-0.39, 0.29) is 12.0 Å². The monoisotopic (exact) mass is 538 g/mol. The number of methoxy groups -OCH3 is 1. The third-order valence-electron chi connectivity index (χ3n) is 6.40. The number of benzene rings is 3. The van der Waals surface area contributed by atoms with Crippen molar-refractivity contribution in [2.24, 2.45) is 0 Å². The number of carbonyl (C=O) groups excluding carboxylic acids is 1. The Labute approximate surface area is 213 Å². The summed E-state index contributed by atoms with van der Waals surface area (Å²) in [6, 6.07) is 25.0. The molecule has 0 bridgehead atoms. The highest BCUT2D eigenvalue weighted by Gasteiger charge is 2.52. The number of fused-ring (bicyclic) bond motifs is 1. The molecule has 0 unspecified atom stereocenters. The second-order valence-electron chi connectivity index (χ2n) is 8.77. The highest BCUT2D eigenvalue weighted by Crippen LogP contribution is 2.43. The van der Waals surface area contributed by atoms with E-state index in [4.69, 9.17) is 23.7 Å². The van der Waals surface area contributed by atoms with Gasteiger partial charge in [0, 0.05) is 17.1 Å². The summed E-state index contributed by atoms with van der Waals surface area (Å²) >= 11 is 3.40. The number of esters is 1. The molecular formula is C28H27BrO6. The Morgan fingerprint density at radius 2 is 1.69 bits per heavy atom. The van der Waals surface area contributed by atoms with Crippen molar-refractivity contribution in [1.29, 1.82) is 0 Å². The normalized spacial score (nSPS) is 28.2. The van der Waals surface area contributed by atoms with Gasteiger partial charge in [-0.1, -0.05) is 76.1 Å². The lowest BCUT2D eigenvalue weighted by atomic mass is 9.82. The first-order valence-corrected chi connectivity index (χ1v) is 12.4. The topological polar surface area (TPSA) is 63.2 Å². The van der Waals surface area contributed by atoms with Crippen molar-refractivity contribution >= 4 is 21.9 Å². The van der Waals surface area contributed by atoms with Gasteiger partial charge in [-0.05, 0) is 36.8 Å². The van der Waals surface area contributed by atoms with Gasteiger partial charge >= 0.3 is 5.97 Å². The highest BCUT2D eigenvalue weighted by molar-refractivity contribution is 9.10. The minimum Gasteiger partial charge on any atom is -0.453 e. The lowest BCUT2D eigenvalue weighted by Gasteiger charge is -2.49. The minimum atomic E-state index is -0.776. The molecule has 2 fully saturated rings. The van der Waals surface area contributed by atoms with E-state index in [9.17, 15) is 4.79 Å². The summed E-state index contributed by atoms with van der Waals surface area (Å²) in [4.78, 5) is 13.2. The van der Waals surface area contributed by atoms with Crippen LogP contribution in [0.3, 0.4) is 0 Å². The second kappa shape index (κ2) is 10.6. The van der Waals surface area contributed by atoms with Gasteiger partial charge in [-0.25, -0.2) is 4.79 Å². The van der Waals surface area contributed by atoms with Crippen LogP contribution in [0.2, 0.25) is 0 Å². The lowest BCUT2D eigenvalue weighted by molar-refractivity contribution is -0.339. The van der Waals surface area contributed by atoms with Crippen molar-refractivity contribution in [3.63, 3.8) is 0 Å². The molecule has 7 heteroatoms. The Bertz CT molecular complexity index is 1150. The molecule has 0 saturated carbocycles. The summed E-state index contributed by atoms with van der Waals surface area (Å²) in [5.74, 6) is -0.774. The van der Waals surface area contributed by atoms with Gasteiger partial charge in [-0.3, -0.25) is 0 Å². The van der Waals surface area contributed by atoms with Crippen LogP contribution in [-0.2, 0) is 23.7 Å². The molecule has 182 valence electrons. The summed E-state index contributed by atoms with van der Waals surface area (Å²) in [5, 5.41) is 0. The smallest absolute Gasteiger partial charge is 0.338 e. The van der Waals surface area contributed by atoms with Crippen LogP contribution < -0.4 is 0 Å². The van der Waals surface area contributed by atoms with Crippen molar-refractivity contribution < 1.29 is 28.5 Å². The summed E-state index contributed by atoms with van der Waals surface area (Å²) < 4.78 is 31.4. The van der Waals surface area contributed by atoms with Crippen LogP contribution in [0.15, 0.2) is 83.3 Å². The lowest BCUT2D eigenvalue weighted by Crippen LogP contribution is -2.59. The molecular weight excluding hydrogens is 512 g/mol. The van der Waals surface area contributed by atoms with Gasteiger partial charge in [-0.2, -0.15) is 0 Å². The number of aryl methyl sites for hydroxylation is 1. The van der Waals surface area contributed by atoms with E-state index >= 15 is 0 Å². The van der Waals surface area contributed by atoms with Crippen LogP contribution in [0.5, 0.6) is 0 Å². The molecule has 0 aromatic heterocycles. The van der Waals surface area contributed by atoms with Crippen LogP contribution in [0.1, 0.15) is 39.3 Å². The molecule has 35 heavy (non-hydrogen) atoms. The summed E-state index contributed by atoms with van der Waals surface area (Å²) in [6.45, 7) is 2.37. The van der Waals surface area contributed by atoms with Crippen molar-refractivity contribution in [3.05, 3.63) is 106 Å². The fourth-order valence-electron chi connectivity index (χ4n) is 4.72. The molecule has 0 spiro atoms. The van der Waals surface area contributed by atoms with Crippen LogP contribution >= 0.6 is 15.9 Å². The fraction of sp³-hybridized carbons (Fsp3) is 0.321. The average Bonchev–Trinajstić information content (AvgIpc) is 2.88. The Morgan fingerprint density at radius 3 is 2.40 bits per heavy atom. The first-order chi connectivity index (χ1) is 17.0. The van der Waals surface area contributed by atoms with E-state index in [1.165, 1.54) is 0 Å². The number of ether oxygens (including phenoxy) is 5. The maximum Gasteiger partial charge on any atom is 0.338 e. The Hall–Kier alpha value is -2.55. The van der Waals surface area contributed by atoms with Gasteiger partial charge in [0.2, 0.25) is 0 Å². The number of halogens is 1. The number of hydrogen-bond acceptors (Lipinski definition) is 6. The zero-order valence-electron chi connectivity index (χ0n) is 19.5. The zero-order chi connectivity index (χ0) is 24.4. The van der Waals surface area contributed by atoms with Crippen LogP contribution in [0.25, 0.3) is 0 Å². The van der Waals surface area contributed by atoms with Gasteiger partial charge in [-0.15, -0.1) is 0 Å². The largest absolute Gasteiger partial charge is 0.453 e. The summed E-state index contributed by atoms with van der Waals surface area (Å²) in [5.41, 5.74) is 3.46. The second-order valence-corrected chi connectivity index (χ2v) is 9.69. The van der Waals surface area contributed by atoms with Crippen molar-refractivity contribution in [1.82, 2.24) is 0 Å². The average molecular weight is 539 g/mol. The van der Waals surface area contributed by atoms with Crippen molar-refractivity contribution in [2.45, 2.75) is 43.7 Å². The molecule has 2 heterocycles. The zero-order valence-corrected chi connectivity index (χ0v) is 21.1. The van der Waals surface area contributed by atoms with E-state index < -0.39 is 30.8 Å². The van der Waals surface area contributed by atoms with Crippen LogP contribution in [0.4, 0.5) is 0 Å². The first-order valence-electron chi connectivity index (χ1n) is 11.6. The van der Waals surface area contributed by atoms with Gasteiger partial charge in [0.15, 0.2) is 18.7 Å². The van der Waals surface area contributed by atoms with Gasteiger partial charge in [0.25, 0.3) is 0 Å². The molecule has 2 aliphatic heterocycles. The molecule has 2 saturated heterocycles. The minimum absolute atomic E-state index is 0.326. The standard InChI is InChI=1S/C28H27BrO6/c1-17-7-6-10-20(15-17)23-24-22(16-32-27(35-24)19-8-4-3-5-9-19)33-28(31-2)25(23)34-26(30)18-11-13-21(29)14-12-18/h3-15,22-25,27-28H,16H2,1-2H3/t22-,23+,24+,25-,27+,28-/m1/s1. The quantitative estimate of drug-likeness (QED) is 0.396. The third-order valence-corrected chi connectivity index (χ3v) is 6.93. The van der Waals surface area contributed by atoms with Crippen LogP contribution in [0, 0.1) is 6.92 Å². The fourth-order valence-corrected chi connectivity index (χ4v) is 4.99. The molecule has 0 amide bonds. The molecule has 0 aliphatic carbocycles. The van der Waals surface area contributed by atoms with E-state index in [1.807, 2.05) is 67.6 Å². The van der Waals surface area contributed by atoms with E-state index in [0.29, 0.717) is 12.2 Å². The number of rotatable bonds is 5.